The fourth-order valence-corrected chi connectivity index (χ4v) is 2.64. The molecule has 1 aliphatic rings. The molecule has 0 aromatic carbocycles. The zero-order valence-corrected chi connectivity index (χ0v) is 16.5. The van der Waals surface area contributed by atoms with Gasteiger partial charge in [-0.1, -0.05) is 13.8 Å². The van der Waals surface area contributed by atoms with Gasteiger partial charge in [0, 0.05) is 37.8 Å². The van der Waals surface area contributed by atoms with Crippen LogP contribution < -0.4 is 10.6 Å². The number of amides is 1. The zero-order chi connectivity index (χ0) is 18.5. The van der Waals surface area contributed by atoms with Gasteiger partial charge >= 0.3 is 0 Å². The van der Waals surface area contributed by atoms with Crippen molar-refractivity contribution in [3.8, 4) is 0 Å². The molecular formula is C16H32N4O3S. The van der Waals surface area contributed by atoms with Gasteiger partial charge in [-0.3, -0.25) is 9.79 Å². The summed E-state index contributed by atoms with van der Waals surface area (Å²) in [5.74, 6) is 0.763. The minimum absolute atomic E-state index is 0.00112. The van der Waals surface area contributed by atoms with Crippen LogP contribution in [0, 0.1) is 5.92 Å². The standard InChI is InChI=1S/C16H32N4O3S/c1-7-17-15(18-11-16(4,5)24(6,22)23)19-13-8-9-20(10-13)14(21)12(2)3/h12-13H,7-11H2,1-6H3,(H2,17,18,19). The van der Waals surface area contributed by atoms with Crippen molar-refractivity contribution in [2.75, 3.05) is 32.4 Å². The van der Waals surface area contributed by atoms with Crippen LogP contribution in [-0.2, 0) is 14.6 Å². The minimum atomic E-state index is -3.19. The molecule has 1 amide bonds. The van der Waals surface area contributed by atoms with Crippen LogP contribution in [0.1, 0.15) is 41.0 Å². The normalized spacial score (nSPS) is 19.7. The fourth-order valence-electron chi connectivity index (χ4n) is 2.34. The average molecular weight is 361 g/mol. The van der Waals surface area contributed by atoms with Crippen molar-refractivity contribution in [1.82, 2.24) is 15.5 Å². The Balaban J connectivity index is 2.71. The number of guanidine groups is 1. The van der Waals surface area contributed by atoms with E-state index in [1.54, 1.807) is 13.8 Å². The second-order valence-corrected chi connectivity index (χ2v) is 9.95. The first-order valence-corrected chi connectivity index (χ1v) is 10.4. The van der Waals surface area contributed by atoms with E-state index in [0.717, 1.165) is 13.0 Å². The van der Waals surface area contributed by atoms with Gasteiger partial charge < -0.3 is 15.5 Å². The minimum Gasteiger partial charge on any atom is -0.357 e. The molecular weight excluding hydrogens is 328 g/mol. The van der Waals surface area contributed by atoms with E-state index in [0.29, 0.717) is 19.0 Å². The van der Waals surface area contributed by atoms with Crippen molar-refractivity contribution in [3.63, 3.8) is 0 Å². The lowest BCUT2D eigenvalue weighted by Crippen LogP contribution is -2.46. The van der Waals surface area contributed by atoms with Crippen molar-refractivity contribution in [2.45, 2.75) is 51.8 Å². The van der Waals surface area contributed by atoms with E-state index in [-0.39, 0.29) is 24.4 Å². The van der Waals surface area contributed by atoms with Crippen LogP contribution in [0.3, 0.4) is 0 Å². The number of carbonyl (C=O) groups is 1. The molecule has 1 rings (SSSR count). The predicted molar refractivity (Wildman–Crippen MR) is 97.9 cm³/mol. The Bertz CT molecular complexity index is 570. The Morgan fingerprint density at radius 1 is 1.38 bits per heavy atom. The van der Waals surface area contributed by atoms with Crippen LogP contribution in [0.25, 0.3) is 0 Å². The first kappa shape index (κ1) is 20.7. The first-order valence-electron chi connectivity index (χ1n) is 8.51. The smallest absolute Gasteiger partial charge is 0.225 e. The van der Waals surface area contributed by atoms with Gasteiger partial charge in [-0.2, -0.15) is 0 Å². The fraction of sp³-hybridized carbons (Fsp3) is 0.875. The van der Waals surface area contributed by atoms with Gasteiger partial charge in [0.05, 0.1) is 11.3 Å². The Hall–Kier alpha value is -1.31. The quantitative estimate of drug-likeness (QED) is 0.535. The largest absolute Gasteiger partial charge is 0.357 e. The summed E-state index contributed by atoms with van der Waals surface area (Å²) in [7, 11) is -3.19. The molecule has 1 heterocycles. The zero-order valence-electron chi connectivity index (χ0n) is 15.7. The lowest BCUT2D eigenvalue weighted by atomic mass is 10.2. The van der Waals surface area contributed by atoms with Crippen LogP contribution >= 0.6 is 0 Å². The summed E-state index contributed by atoms with van der Waals surface area (Å²) >= 11 is 0. The van der Waals surface area contributed by atoms with E-state index in [1.165, 1.54) is 6.26 Å². The van der Waals surface area contributed by atoms with Crippen molar-refractivity contribution in [3.05, 3.63) is 0 Å². The highest BCUT2D eigenvalue weighted by Gasteiger charge is 2.31. The maximum absolute atomic E-state index is 12.1. The summed E-state index contributed by atoms with van der Waals surface area (Å²) in [5.41, 5.74) is 0. The van der Waals surface area contributed by atoms with Crippen LogP contribution in [0.2, 0.25) is 0 Å². The summed E-state index contributed by atoms with van der Waals surface area (Å²) in [6.07, 6.45) is 2.09. The molecule has 24 heavy (non-hydrogen) atoms. The van der Waals surface area contributed by atoms with E-state index in [1.807, 2.05) is 25.7 Å². The molecule has 0 radical (unpaired) electrons. The van der Waals surface area contributed by atoms with Crippen LogP contribution in [0.4, 0.5) is 0 Å². The van der Waals surface area contributed by atoms with Crippen LogP contribution in [0.5, 0.6) is 0 Å². The molecule has 1 aliphatic heterocycles. The Labute approximate surface area is 146 Å². The highest BCUT2D eigenvalue weighted by atomic mass is 32.2. The number of nitrogens with zero attached hydrogens (tertiary/aromatic N) is 2. The van der Waals surface area contributed by atoms with Crippen molar-refractivity contribution in [1.29, 1.82) is 0 Å². The van der Waals surface area contributed by atoms with Gasteiger partial charge in [-0.05, 0) is 27.2 Å². The average Bonchev–Trinajstić information content (AvgIpc) is 2.91. The van der Waals surface area contributed by atoms with E-state index < -0.39 is 14.6 Å². The molecule has 0 saturated carbocycles. The van der Waals surface area contributed by atoms with Crippen molar-refractivity contribution < 1.29 is 13.2 Å². The molecule has 1 atom stereocenters. The lowest BCUT2D eigenvalue weighted by Gasteiger charge is -2.23. The van der Waals surface area contributed by atoms with Gasteiger partial charge in [-0.25, -0.2) is 8.42 Å². The second kappa shape index (κ2) is 8.18. The summed E-state index contributed by atoms with van der Waals surface area (Å²) in [6, 6.07) is 0.131. The predicted octanol–water partition coefficient (Wildman–Crippen LogP) is 0.622. The SMILES string of the molecule is CCNC(=NCC(C)(C)S(C)(=O)=O)NC1CCN(C(=O)C(C)C)C1. The van der Waals surface area contributed by atoms with Crippen molar-refractivity contribution in [2.24, 2.45) is 10.9 Å². The number of likely N-dealkylation sites (tertiary alicyclic amines) is 1. The first-order chi connectivity index (χ1) is 11.0. The molecule has 0 aliphatic carbocycles. The Kier molecular flexibility index (Phi) is 7.07. The lowest BCUT2D eigenvalue weighted by molar-refractivity contribution is -0.133. The molecule has 1 saturated heterocycles. The van der Waals surface area contributed by atoms with Crippen LogP contribution in [0.15, 0.2) is 4.99 Å². The second-order valence-electron chi connectivity index (χ2n) is 7.30. The number of sulfone groups is 1. The number of nitrogens with one attached hydrogen (secondary N) is 2. The Morgan fingerprint density at radius 2 is 2.00 bits per heavy atom. The number of hydrogen-bond donors (Lipinski definition) is 2. The van der Waals surface area contributed by atoms with Gasteiger partial charge in [0.25, 0.3) is 0 Å². The highest BCUT2D eigenvalue weighted by molar-refractivity contribution is 7.92. The third kappa shape index (κ3) is 5.65. The molecule has 7 nitrogen and oxygen atoms in total. The maximum Gasteiger partial charge on any atom is 0.225 e. The van der Waals surface area contributed by atoms with Gasteiger partial charge in [0.15, 0.2) is 15.8 Å². The van der Waals surface area contributed by atoms with E-state index in [4.69, 9.17) is 0 Å². The molecule has 0 aromatic heterocycles. The topological polar surface area (TPSA) is 90.9 Å². The number of carbonyl (C=O) groups excluding carboxylic acids is 1. The van der Waals surface area contributed by atoms with Crippen LogP contribution in [-0.4, -0.2) is 68.4 Å². The molecule has 2 N–H and O–H groups in total. The molecule has 140 valence electrons. The summed E-state index contributed by atoms with van der Waals surface area (Å²) < 4.78 is 22.7. The maximum atomic E-state index is 12.1. The van der Waals surface area contributed by atoms with Gasteiger partial charge in [-0.15, -0.1) is 0 Å². The van der Waals surface area contributed by atoms with Crippen molar-refractivity contribution >= 4 is 21.7 Å². The summed E-state index contributed by atoms with van der Waals surface area (Å²) in [4.78, 5) is 18.4. The number of hydrogen-bond acceptors (Lipinski definition) is 4. The third-order valence-corrected chi connectivity index (χ3v) is 6.44. The number of aliphatic imine (C=N–C) groups is 1. The monoisotopic (exact) mass is 360 g/mol. The number of rotatable bonds is 6. The summed E-state index contributed by atoms with van der Waals surface area (Å²) in [5, 5.41) is 6.46. The Morgan fingerprint density at radius 3 is 2.50 bits per heavy atom. The van der Waals surface area contributed by atoms with Gasteiger partial charge in [0.2, 0.25) is 5.91 Å². The molecule has 0 bridgehead atoms. The van der Waals surface area contributed by atoms with E-state index in [9.17, 15) is 13.2 Å². The van der Waals surface area contributed by atoms with Gasteiger partial charge in [0.1, 0.15) is 0 Å². The molecule has 0 aromatic rings. The third-order valence-electron chi connectivity index (χ3n) is 4.30. The molecule has 0 spiro atoms. The highest BCUT2D eigenvalue weighted by Crippen LogP contribution is 2.16. The molecule has 1 unspecified atom stereocenters. The van der Waals surface area contributed by atoms with E-state index >= 15 is 0 Å². The molecule has 1 fully saturated rings. The van der Waals surface area contributed by atoms with E-state index in [2.05, 4.69) is 15.6 Å². The molecule has 8 heteroatoms. The summed E-state index contributed by atoms with van der Waals surface area (Å²) in [6.45, 7) is 11.4.